The zero-order valence-corrected chi connectivity index (χ0v) is 13.0. The molecule has 7 heteroatoms. The number of benzene rings is 2. The highest BCUT2D eigenvalue weighted by Gasteiger charge is 2.14. The molecule has 0 bridgehead atoms. The predicted molar refractivity (Wildman–Crippen MR) is 83.9 cm³/mol. The van der Waals surface area contributed by atoms with E-state index < -0.39 is 15.8 Å². The summed E-state index contributed by atoms with van der Waals surface area (Å²) in [6.45, 7) is 1.73. The van der Waals surface area contributed by atoms with E-state index in [0.717, 1.165) is 5.56 Å². The maximum Gasteiger partial charge on any atom is 0.261 e. The molecule has 0 aliphatic heterocycles. The first-order chi connectivity index (χ1) is 10.9. The van der Waals surface area contributed by atoms with E-state index >= 15 is 0 Å². The van der Waals surface area contributed by atoms with Gasteiger partial charge in [0.25, 0.3) is 10.0 Å². The number of rotatable bonds is 4. The summed E-state index contributed by atoms with van der Waals surface area (Å²) in [4.78, 5) is 4.28. The number of anilines is 1. The molecule has 0 amide bonds. The number of sulfonamides is 1. The quantitative estimate of drug-likeness (QED) is 0.792. The number of aryl methyl sites for hydroxylation is 1. The highest BCUT2D eigenvalue weighted by molar-refractivity contribution is 7.92. The zero-order chi connectivity index (χ0) is 16.4. The summed E-state index contributed by atoms with van der Waals surface area (Å²) in [6.07, 6.45) is 1.51. The monoisotopic (exact) mass is 332 g/mol. The molecule has 0 unspecified atom stereocenters. The lowest BCUT2D eigenvalue weighted by molar-refractivity contribution is 0.521. The van der Waals surface area contributed by atoms with E-state index in [1.165, 1.54) is 42.7 Å². The third-order valence-corrected chi connectivity index (χ3v) is 4.57. The van der Waals surface area contributed by atoms with Gasteiger partial charge in [-0.25, -0.2) is 17.8 Å². The van der Waals surface area contributed by atoms with Gasteiger partial charge in [0.05, 0.1) is 4.90 Å². The van der Waals surface area contributed by atoms with E-state index in [-0.39, 0.29) is 4.90 Å². The standard InChI is InChI=1S/C16H13FN2O3S/c1-11-18-16(10-22-11)12-2-8-15(9-3-12)23(20,21)19-14-6-4-13(17)5-7-14/h2-10,19H,1H3. The van der Waals surface area contributed by atoms with Crippen molar-refractivity contribution in [3.05, 3.63) is 66.5 Å². The van der Waals surface area contributed by atoms with Crippen LogP contribution in [0.3, 0.4) is 0 Å². The van der Waals surface area contributed by atoms with Crippen LogP contribution in [0.15, 0.2) is 64.1 Å². The van der Waals surface area contributed by atoms with Gasteiger partial charge in [-0.1, -0.05) is 12.1 Å². The van der Waals surface area contributed by atoms with Crippen molar-refractivity contribution in [3.8, 4) is 11.3 Å². The first-order valence-corrected chi connectivity index (χ1v) is 8.23. The van der Waals surface area contributed by atoms with Crippen LogP contribution in [0, 0.1) is 12.7 Å². The number of nitrogens with one attached hydrogen (secondary N) is 1. The van der Waals surface area contributed by atoms with Gasteiger partial charge >= 0.3 is 0 Å². The van der Waals surface area contributed by atoms with Gasteiger partial charge < -0.3 is 4.42 Å². The Kier molecular flexibility index (Phi) is 3.87. The fourth-order valence-electron chi connectivity index (χ4n) is 2.03. The maximum absolute atomic E-state index is 12.9. The number of aromatic nitrogens is 1. The van der Waals surface area contributed by atoms with Crippen molar-refractivity contribution in [2.75, 3.05) is 4.72 Å². The highest BCUT2D eigenvalue weighted by Crippen LogP contribution is 2.22. The first-order valence-electron chi connectivity index (χ1n) is 6.75. The molecule has 0 aliphatic rings. The summed E-state index contributed by atoms with van der Waals surface area (Å²) in [6, 6.07) is 11.4. The predicted octanol–water partition coefficient (Wildman–Crippen LogP) is 3.59. The Morgan fingerprint density at radius 1 is 1.04 bits per heavy atom. The second kappa shape index (κ2) is 5.85. The van der Waals surface area contributed by atoms with E-state index in [1.54, 1.807) is 19.1 Å². The SMILES string of the molecule is Cc1nc(-c2ccc(S(=O)(=O)Nc3ccc(F)cc3)cc2)co1. The van der Waals surface area contributed by atoms with Gasteiger partial charge in [0.1, 0.15) is 17.8 Å². The van der Waals surface area contributed by atoms with Gasteiger partial charge in [-0.3, -0.25) is 4.72 Å². The van der Waals surface area contributed by atoms with E-state index in [4.69, 9.17) is 4.42 Å². The maximum atomic E-state index is 12.9. The minimum Gasteiger partial charge on any atom is -0.449 e. The highest BCUT2D eigenvalue weighted by atomic mass is 32.2. The lowest BCUT2D eigenvalue weighted by Gasteiger charge is -2.08. The smallest absolute Gasteiger partial charge is 0.261 e. The molecule has 0 saturated carbocycles. The minimum absolute atomic E-state index is 0.103. The van der Waals surface area contributed by atoms with Crippen LogP contribution in [0.1, 0.15) is 5.89 Å². The summed E-state index contributed by atoms with van der Waals surface area (Å²) in [5.41, 5.74) is 1.68. The third-order valence-electron chi connectivity index (χ3n) is 3.18. The molecule has 0 aliphatic carbocycles. The fourth-order valence-corrected chi connectivity index (χ4v) is 3.09. The Morgan fingerprint density at radius 3 is 2.26 bits per heavy atom. The molecule has 1 aromatic heterocycles. The Hall–Kier alpha value is -2.67. The van der Waals surface area contributed by atoms with Crippen LogP contribution in [0.5, 0.6) is 0 Å². The van der Waals surface area contributed by atoms with E-state index in [2.05, 4.69) is 9.71 Å². The third kappa shape index (κ3) is 3.40. The van der Waals surface area contributed by atoms with Gasteiger partial charge in [0.15, 0.2) is 5.89 Å². The Labute approximate surface area is 132 Å². The topological polar surface area (TPSA) is 72.2 Å². The van der Waals surface area contributed by atoms with Crippen LogP contribution in [0.25, 0.3) is 11.3 Å². The van der Waals surface area contributed by atoms with Crippen LogP contribution < -0.4 is 4.72 Å². The first kappa shape index (κ1) is 15.2. The Bertz CT molecular complexity index is 917. The van der Waals surface area contributed by atoms with Gasteiger partial charge in [-0.15, -0.1) is 0 Å². The molecule has 3 aromatic rings. The molecular formula is C16H13FN2O3S. The van der Waals surface area contributed by atoms with Crippen molar-refractivity contribution < 1.29 is 17.2 Å². The van der Waals surface area contributed by atoms with Gasteiger partial charge in [-0.05, 0) is 36.4 Å². The molecule has 3 rings (SSSR count). The Balaban J connectivity index is 1.84. The van der Waals surface area contributed by atoms with Gasteiger partial charge in [0, 0.05) is 18.2 Å². The molecule has 23 heavy (non-hydrogen) atoms. The van der Waals surface area contributed by atoms with Crippen LogP contribution in [-0.2, 0) is 10.0 Å². The van der Waals surface area contributed by atoms with Crippen LogP contribution in [-0.4, -0.2) is 13.4 Å². The number of hydrogen-bond donors (Lipinski definition) is 1. The molecule has 0 spiro atoms. The van der Waals surface area contributed by atoms with Crippen molar-refractivity contribution in [2.24, 2.45) is 0 Å². The molecule has 0 radical (unpaired) electrons. The average molecular weight is 332 g/mol. The molecular weight excluding hydrogens is 319 g/mol. The summed E-state index contributed by atoms with van der Waals surface area (Å²) in [5.74, 6) is 0.106. The molecule has 0 saturated heterocycles. The van der Waals surface area contributed by atoms with Crippen molar-refractivity contribution in [3.63, 3.8) is 0 Å². The Morgan fingerprint density at radius 2 is 1.70 bits per heavy atom. The lowest BCUT2D eigenvalue weighted by atomic mass is 10.2. The molecule has 0 atom stereocenters. The number of nitrogens with zero attached hydrogens (tertiary/aromatic N) is 1. The molecule has 5 nitrogen and oxygen atoms in total. The summed E-state index contributed by atoms with van der Waals surface area (Å²) < 4.78 is 45.0. The molecule has 118 valence electrons. The van der Waals surface area contributed by atoms with Gasteiger partial charge in [-0.2, -0.15) is 0 Å². The molecule has 2 aromatic carbocycles. The van der Waals surface area contributed by atoms with Crippen molar-refractivity contribution >= 4 is 15.7 Å². The second-order valence-electron chi connectivity index (χ2n) is 4.89. The fraction of sp³-hybridized carbons (Fsp3) is 0.0625. The molecule has 1 N–H and O–H groups in total. The van der Waals surface area contributed by atoms with Crippen molar-refractivity contribution in [2.45, 2.75) is 11.8 Å². The van der Waals surface area contributed by atoms with Crippen molar-refractivity contribution in [1.29, 1.82) is 0 Å². The zero-order valence-electron chi connectivity index (χ0n) is 12.2. The summed E-state index contributed by atoms with van der Waals surface area (Å²) in [7, 11) is -3.74. The van der Waals surface area contributed by atoms with E-state index in [9.17, 15) is 12.8 Å². The minimum atomic E-state index is -3.74. The normalized spacial score (nSPS) is 11.4. The van der Waals surface area contributed by atoms with E-state index in [1.807, 2.05) is 0 Å². The van der Waals surface area contributed by atoms with Crippen LogP contribution >= 0.6 is 0 Å². The van der Waals surface area contributed by atoms with Crippen molar-refractivity contribution in [1.82, 2.24) is 4.98 Å². The van der Waals surface area contributed by atoms with Crippen LogP contribution in [0.2, 0.25) is 0 Å². The number of oxazole rings is 1. The van der Waals surface area contributed by atoms with Gasteiger partial charge in [0.2, 0.25) is 0 Å². The summed E-state index contributed by atoms with van der Waals surface area (Å²) in [5, 5.41) is 0. The number of hydrogen-bond acceptors (Lipinski definition) is 4. The van der Waals surface area contributed by atoms with E-state index in [0.29, 0.717) is 17.3 Å². The molecule has 0 fully saturated rings. The lowest BCUT2D eigenvalue weighted by Crippen LogP contribution is -2.12. The largest absolute Gasteiger partial charge is 0.449 e. The second-order valence-corrected chi connectivity index (χ2v) is 6.57. The number of halogens is 1. The van der Waals surface area contributed by atoms with Crippen LogP contribution in [0.4, 0.5) is 10.1 Å². The average Bonchev–Trinajstić information content (AvgIpc) is 2.96. The summed E-state index contributed by atoms with van der Waals surface area (Å²) >= 11 is 0. The molecule has 1 heterocycles.